The molecule has 0 bridgehead atoms. The molecule has 3 N–H and O–H groups in total. The van der Waals surface area contributed by atoms with Crippen LogP contribution in [-0.2, 0) is 4.74 Å². The molecule has 0 fully saturated rings. The van der Waals surface area contributed by atoms with Crippen LogP contribution in [0.1, 0.15) is 35.8 Å². The first-order valence-electron chi connectivity index (χ1n) is 8.24. The largest absolute Gasteiger partial charge is 0.387 e. The molecule has 0 radical (unpaired) electrons. The van der Waals surface area contributed by atoms with Crippen molar-refractivity contribution in [2.24, 2.45) is 0 Å². The first kappa shape index (κ1) is 19.0. The van der Waals surface area contributed by atoms with Gasteiger partial charge in [0.05, 0.1) is 18.8 Å². The summed E-state index contributed by atoms with van der Waals surface area (Å²) < 4.78 is 6.81. The van der Waals surface area contributed by atoms with Crippen LogP contribution in [0.2, 0.25) is 0 Å². The number of amides is 2. The van der Waals surface area contributed by atoms with Gasteiger partial charge in [-0.1, -0.05) is 29.3 Å². The number of ether oxygens (including phenoxy) is 1. The first-order chi connectivity index (χ1) is 11.9. The third-order valence-electron chi connectivity index (χ3n) is 3.79. The van der Waals surface area contributed by atoms with Gasteiger partial charge in [0, 0.05) is 25.9 Å². The Morgan fingerprint density at radius 3 is 2.64 bits per heavy atom. The van der Waals surface area contributed by atoms with Crippen molar-refractivity contribution in [2.45, 2.75) is 32.9 Å². The first-order valence-corrected chi connectivity index (χ1v) is 8.24. The maximum Gasteiger partial charge on any atom is 0.320 e. The molecule has 0 aliphatic carbocycles. The van der Waals surface area contributed by atoms with Crippen LogP contribution in [-0.4, -0.2) is 41.2 Å². The number of aryl methyl sites for hydroxylation is 2. The van der Waals surface area contributed by atoms with Crippen LogP contribution in [0.25, 0.3) is 0 Å². The molecule has 1 aromatic carbocycles. The molecule has 25 heavy (non-hydrogen) atoms. The van der Waals surface area contributed by atoms with Gasteiger partial charge in [-0.2, -0.15) is 5.10 Å². The van der Waals surface area contributed by atoms with Crippen LogP contribution in [0.15, 0.2) is 30.5 Å². The predicted molar refractivity (Wildman–Crippen MR) is 96.7 cm³/mol. The van der Waals surface area contributed by atoms with Gasteiger partial charge in [0.25, 0.3) is 0 Å². The van der Waals surface area contributed by atoms with Crippen molar-refractivity contribution in [2.75, 3.05) is 25.6 Å². The molecular formula is C18H26N4O3. The Morgan fingerprint density at radius 2 is 2.00 bits per heavy atom. The molecule has 0 aliphatic rings. The molecule has 0 unspecified atom stereocenters. The van der Waals surface area contributed by atoms with E-state index in [1.165, 1.54) is 0 Å². The van der Waals surface area contributed by atoms with Crippen molar-refractivity contribution in [3.8, 4) is 0 Å². The zero-order valence-electron chi connectivity index (χ0n) is 15.1. The van der Waals surface area contributed by atoms with Crippen molar-refractivity contribution in [1.82, 2.24) is 15.1 Å². The fraction of sp³-hybridized carbons (Fsp3) is 0.444. The van der Waals surface area contributed by atoms with Gasteiger partial charge in [0.15, 0.2) is 5.82 Å². The number of anilines is 1. The van der Waals surface area contributed by atoms with Crippen molar-refractivity contribution in [3.05, 3.63) is 47.2 Å². The van der Waals surface area contributed by atoms with Gasteiger partial charge < -0.3 is 15.2 Å². The molecule has 7 nitrogen and oxygen atoms in total. The number of hydrogen-bond acceptors (Lipinski definition) is 4. The number of aliphatic hydroxyl groups is 1. The van der Waals surface area contributed by atoms with E-state index in [9.17, 15) is 9.90 Å². The van der Waals surface area contributed by atoms with E-state index >= 15 is 0 Å². The summed E-state index contributed by atoms with van der Waals surface area (Å²) in [5, 5.41) is 19.8. The molecule has 2 atom stereocenters. The normalized spacial score (nSPS) is 13.3. The minimum atomic E-state index is -0.761. The van der Waals surface area contributed by atoms with Crippen LogP contribution in [0.3, 0.4) is 0 Å². The summed E-state index contributed by atoms with van der Waals surface area (Å²) in [5.74, 6) is 0.446. The second-order valence-electron chi connectivity index (χ2n) is 6.26. The Kier molecular flexibility index (Phi) is 6.55. The number of benzene rings is 1. The second-order valence-corrected chi connectivity index (χ2v) is 6.26. The minimum absolute atomic E-state index is 0.0787. The van der Waals surface area contributed by atoms with E-state index in [0.29, 0.717) is 12.4 Å². The fourth-order valence-corrected chi connectivity index (χ4v) is 2.64. The van der Waals surface area contributed by atoms with Gasteiger partial charge in [-0.05, 0) is 26.3 Å². The predicted octanol–water partition coefficient (Wildman–Crippen LogP) is 2.56. The van der Waals surface area contributed by atoms with Gasteiger partial charge in [0.2, 0.25) is 0 Å². The molecule has 2 rings (SSSR count). The van der Waals surface area contributed by atoms with Gasteiger partial charge >= 0.3 is 6.03 Å². The number of carbonyl (C=O) groups is 1. The highest BCUT2D eigenvalue weighted by molar-refractivity contribution is 5.88. The maximum atomic E-state index is 12.0. The molecule has 7 heteroatoms. The third-order valence-corrected chi connectivity index (χ3v) is 3.79. The molecule has 2 amide bonds. The van der Waals surface area contributed by atoms with Crippen LogP contribution >= 0.6 is 0 Å². The molecule has 0 aliphatic heterocycles. The molecule has 136 valence electrons. The molecule has 2 aromatic rings. The SMILES string of the molecule is COC[C@@H](C)n1ccc(NC(=O)NC[C@@H](O)c2cc(C)cc(C)c2)n1. The number of carbonyl (C=O) groups excluding carboxylic acids is 1. The smallest absolute Gasteiger partial charge is 0.320 e. The second kappa shape index (κ2) is 8.64. The number of nitrogens with zero attached hydrogens (tertiary/aromatic N) is 2. The van der Waals surface area contributed by atoms with Crippen molar-refractivity contribution in [3.63, 3.8) is 0 Å². The van der Waals surface area contributed by atoms with Crippen molar-refractivity contribution >= 4 is 11.8 Å². The van der Waals surface area contributed by atoms with Crippen molar-refractivity contribution < 1.29 is 14.6 Å². The summed E-state index contributed by atoms with van der Waals surface area (Å²) in [6.45, 7) is 6.58. The summed E-state index contributed by atoms with van der Waals surface area (Å²) in [4.78, 5) is 12.0. The van der Waals surface area contributed by atoms with E-state index < -0.39 is 12.1 Å². The number of nitrogens with one attached hydrogen (secondary N) is 2. The molecule has 0 spiro atoms. The molecule has 1 heterocycles. The topological polar surface area (TPSA) is 88.4 Å². The summed E-state index contributed by atoms with van der Waals surface area (Å²) in [6.07, 6.45) is 1.02. The Morgan fingerprint density at radius 1 is 1.32 bits per heavy atom. The lowest BCUT2D eigenvalue weighted by Crippen LogP contribution is -2.32. The quantitative estimate of drug-likeness (QED) is 0.719. The Labute approximate surface area is 148 Å². The minimum Gasteiger partial charge on any atom is -0.387 e. The summed E-state index contributed by atoms with van der Waals surface area (Å²) >= 11 is 0. The van der Waals surface area contributed by atoms with Gasteiger partial charge in [-0.3, -0.25) is 10.00 Å². The number of aliphatic hydroxyl groups excluding tert-OH is 1. The van der Waals surface area contributed by atoms with Crippen LogP contribution in [0, 0.1) is 13.8 Å². The fourth-order valence-electron chi connectivity index (χ4n) is 2.64. The Hall–Kier alpha value is -2.38. The van der Waals surface area contributed by atoms with E-state index in [1.807, 2.05) is 39.0 Å². The number of methoxy groups -OCH3 is 1. The molecular weight excluding hydrogens is 320 g/mol. The van der Waals surface area contributed by atoms with E-state index in [2.05, 4.69) is 15.7 Å². The van der Waals surface area contributed by atoms with Crippen molar-refractivity contribution in [1.29, 1.82) is 0 Å². The zero-order valence-corrected chi connectivity index (χ0v) is 15.1. The maximum absolute atomic E-state index is 12.0. The summed E-state index contributed by atoms with van der Waals surface area (Å²) in [6, 6.07) is 7.25. The van der Waals surface area contributed by atoms with E-state index in [1.54, 1.807) is 24.1 Å². The standard InChI is InChI=1S/C18H26N4O3/c1-12-7-13(2)9-15(8-12)16(23)10-19-18(24)20-17-5-6-22(21-17)14(3)11-25-4/h5-9,14,16,23H,10-11H2,1-4H3,(H2,19,20,21,24)/t14-,16-/m1/s1. The summed E-state index contributed by atoms with van der Waals surface area (Å²) in [7, 11) is 1.63. The number of aromatic nitrogens is 2. The van der Waals surface area contributed by atoms with Crippen LogP contribution in [0.4, 0.5) is 10.6 Å². The average molecular weight is 346 g/mol. The van der Waals surface area contributed by atoms with Crippen LogP contribution in [0.5, 0.6) is 0 Å². The highest BCUT2D eigenvalue weighted by Gasteiger charge is 2.12. The average Bonchev–Trinajstić information content (AvgIpc) is 3.00. The van der Waals surface area contributed by atoms with Gasteiger partial charge in [-0.15, -0.1) is 0 Å². The summed E-state index contributed by atoms with van der Waals surface area (Å²) in [5.41, 5.74) is 2.94. The zero-order chi connectivity index (χ0) is 18.4. The molecule has 1 aromatic heterocycles. The lowest BCUT2D eigenvalue weighted by molar-refractivity contribution is 0.157. The van der Waals surface area contributed by atoms with E-state index in [4.69, 9.17) is 4.74 Å². The van der Waals surface area contributed by atoms with Gasteiger partial charge in [-0.25, -0.2) is 4.79 Å². The lowest BCUT2D eigenvalue weighted by Gasteiger charge is -2.14. The monoisotopic (exact) mass is 346 g/mol. The highest BCUT2D eigenvalue weighted by Crippen LogP contribution is 2.16. The molecule has 0 saturated heterocycles. The van der Waals surface area contributed by atoms with E-state index in [-0.39, 0.29) is 12.6 Å². The number of urea groups is 1. The third kappa shape index (κ3) is 5.58. The van der Waals surface area contributed by atoms with E-state index in [0.717, 1.165) is 16.7 Å². The highest BCUT2D eigenvalue weighted by atomic mass is 16.5. The number of hydrogen-bond donors (Lipinski definition) is 3. The number of rotatable bonds is 7. The molecule has 0 saturated carbocycles. The van der Waals surface area contributed by atoms with Crippen LogP contribution < -0.4 is 10.6 Å². The Bertz CT molecular complexity index is 694. The Balaban J connectivity index is 1.86. The lowest BCUT2D eigenvalue weighted by atomic mass is 10.0. The van der Waals surface area contributed by atoms with Gasteiger partial charge in [0.1, 0.15) is 0 Å².